The minimum atomic E-state index is -1.36. The molecule has 0 saturated carbocycles. The summed E-state index contributed by atoms with van der Waals surface area (Å²) >= 11 is 0. The van der Waals surface area contributed by atoms with Crippen molar-refractivity contribution in [3.63, 3.8) is 0 Å². The second-order valence-corrected chi connectivity index (χ2v) is 7.37. The van der Waals surface area contributed by atoms with Crippen LogP contribution in [0, 0.1) is 0 Å². The van der Waals surface area contributed by atoms with Crippen LogP contribution in [0.1, 0.15) is 0 Å². The number of hydrogen-bond donors (Lipinski definition) is 0. The van der Waals surface area contributed by atoms with Crippen molar-refractivity contribution in [2.24, 2.45) is 0 Å². The summed E-state index contributed by atoms with van der Waals surface area (Å²) in [6, 6.07) is 0.969. The van der Waals surface area contributed by atoms with Crippen molar-refractivity contribution in [1.29, 1.82) is 0 Å². The smallest absolute Gasteiger partial charge is 0.226 e. The highest BCUT2D eigenvalue weighted by Gasteiger charge is 2.21. The maximum Gasteiger partial charge on any atom is 0.226 e. The van der Waals surface area contributed by atoms with E-state index in [1.807, 2.05) is 6.08 Å². The Kier molecular flexibility index (Phi) is 3.13. The Bertz CT molecular complexity index is 145. The molecule has 0 aromatic heterocycles. The van der Waals surface area contributed by atoms with Crippen molar-refractivity contribution >= 4 is 13.9 Å². The first-order valence-corrected chi connectivity index (χ1v) is 6.20. The van der Waals surface area contributed by atoms with E-state index < -0.39 is 8.07 Å². The average Bonchev–Trinajstić information content (AvgIpc) is 1.64. The molecule has 0 aliphatic heterocycles. The Labute approximate surface area is 56.8 Å². The minimum Gasteiger partial charge on any atom is -0.363 e. The van der Waals surface area contributed by atoms with E-state index in [-0.39, 0.29) is 0 Å². The molecule has 0 spiro atoms. The van der Waals surface area contributed by atoms with Gasteiger partial charge in [0.1, 0.15) is 0 Å². The van der Waals surface area contributed by atoms with Crippen LogP contribution in [0.5, 0.6) is 0 Å². The molecular formula is C6H12N2Si. The van der Waals surface area contributed by atoms with E-state index in [4.69, 9.17) is 5.53 Å². The average molecular weight is 140 g/mol. The van der Waals surface area contributed by atoms with Crippen LogP contribution < -0.4 is 0 Å². The van der Waals surface area contributed by atoms with Crippen LogP contribution in [0.25, 0.3) is 5.53 Å². The molecule has 0 aromatic carbocycles. The molecule has 3 heteroatoms. The van der Waals surface area contributed by atoms with Crippen LogP contribution in [0.4, 0.5) is 0 Å². The summed E-state index contributed by atoms with van der Waals surface area (Å²) in [5, 5.41) is 0. The van der Waals surface area contributed by atoms with E-state index in [0.29, 0.717) is 0 Å². The van der Waals surface area contributed by atoms with Gasteiger partial charge in [0.2, 0.25) is 5.84 Å². The lowest BCUT2D eigenvalue weighted by Gasteiger charge is -2.04. The zero-order chi connectivity index (χ0) is 7.33. The zero-order valence-electron chi connectivity index (χ0n) is 5.96. The highest BCUT2D eigenvalue weighted by atomic mass is 28.3. The quantitative estimate of drug-likeness (QED) is 0.188. The molecule has 0 rings (SSSR count). The molecule has 0 radical (unpaired) electrons. The molecular weight excluding hydrogens is 128 g/mol. The van der Waals surface area contributed by atoms with Crippen molar-refractivity contribution in [3.8, 4) is 0 Å². The summed E-state index contributed by atoms with van der Waals surface area (Å²) in [4.78, 5) is 3.01. The summed E-state index contributed by atoms with van der Waals surface area (Å²) in [6.45, 7) is 7.86. The van der Waals surface area contributed by atoms with Crippen molar-refractivity contribution in [2.75, 3.05) is 0 Å². The SMILES string of the molecule is C=CC[Si](C)(C)C=[N+]=[N-]. The Morgan fingerprint density at radius 2 is 2.22 bits per heavy atom. The van der Waals surface area contributed by atoms with Crippen molar-refractivity contribution in [1.82, 2.24) is 0 Å². The summed E-state index contributed by atoms with van der Waals surface area (Å²) in [5.74, 6) is 1.65. The first kappa shape index (κ1) is 8.34. The topological polar surface area (TPSA) is 36.4 Å². The molecule has 0 aliphatic carbocycles. The van der Waals surface area contributed by atoms with E-state index >= 15 is 0 Å². The molecule has 0 bridgehead atoms. The fourth-order valence-corrected chi connectivity index (χ4v) is 1.74. The van der Waals surface area contributed by atoms with Gasteiger partial charge in [0.15, 0.2) is 8.07 Å². The van der Waals surface area contributed by atoms with Gasteiger partial charge < -0.3 is 5.53 Å². The highest BCUT2D eigenvalue weighted by Crippen LogP contribution is 2.04. The maximum absolute atomic E-state index is 8.20. The first-order chi connectivity index (χ1) is 4.12. The van der Waals surface area contributed by atoms with E-state index in [9.17, 15) is 0 Å². The predicted molar refractivity (Wildman–Crippen MR) is 42.2 cm³/mol. The Hall–Kier alpha value is -0.663. The van der Waals surface area contributed by atoms with Gasteiger partial charge in [-0.25, -0.2) is 0 Å². The summed E-state index contributed by atoms with van der Waals surface area (Å²) in [7, 11) is -1.36. The second kappa shape index (κ2) is 3.38. The lowest BCUT2D eigenvalue weighted by atomic mass is 10.8. The van der Waals surface area contributed by atoms with Crippen LogP contribution in [0.15, 0.2) is 12.7 Å². The van der Waals surface area contributed by atoms with Crippen LogP contribution in [0.2, 0.25) is 19.1 Å². The normalized spacial score (nSPS) is 10.0. The molecule has 9 heavy (non-hydrogen) atoms. The predicted octanol–water partition coefficient (Wildman–Crippen LogP) is 1.72. The van der Waals surface area contributed by atoms with Crippen LogP contribution in [-0.2, 0) is 0 Å². The van der Waals surface area contributed by atoms with Gasteiger partial charge in [0.05, 0.1) is 0 Å². The number of nitrogens with zero attached hydrogens (tertiary/aromatic N) is 2. The summed E-state index contributed by atoms with van der Waals surface area (Å²) in [6.07, 6.45) is 1.87. The largest absolute Gasteiger partial charge is 0.363 e. The standard InChI is InChI=1S/C6H12N2Si/c1-4-5-9(2,3)6-8-7/h4,6H,1,5H2,2-3H3. The van der Waals surface area contributed by atoms with E-state index in [0.717, 1.165) is 6.04 Å². The number of allylic oxidation sites excluding steroid dienone is 1. The van der Waals surface area contributed by atoms with Gasteiger partial charge in [-0.3, -0.25) is 0 Å². The lowest BCUT2D eigenvalue weighted by Crippen LogP contribution is -2.27. The highest BCUT2D eigenvalue weighted by molar-refractivity contribution is 6.99. The van der Waals surface area contributed by atoms with E-state index in [2.05, 4.69) is 24.5 Å². The molecule has 0 aromatic rings. The lowest BCUT2D eigenvalue weighted by molar-refractivity contribution is 0.00676. The van der Waals surface area contributed by atoms with Crippen molar-refractivity contribution in [2.45, 2.75) is 19.1 Å². The van der Waals surface area contributed by atoms with Gasteiger partial charge in [-0.1, -0.05) is 19.2 Å². The monoisotopic (exact) mass is 140 g/mol. The van der Waals surface area contributed by atoms with Crippen molar-refractivity contribution < 1.29 is 4.79 Å². The van der Waals surface area contributed by atoms with Gasteiger partial charge in [-0.15, -0.1) is 6.58 Å². The molecule has 0 aliphatic rings. The van der Waals surface area contributed by atoms with E-state index in [1.54, 1.807) is 5.84 Å². The van der Waals surface area contributed by atoms with E-state index in [1.165, 1.54) is 0 Å². The molecule has 0 unspecified atom stereocenters. The second-order valence-electron chi connectivity index (χ2n) is 2.73. The Morgan fingerprint density at radius 1 is 1.67 bits per heavy atom. The summed E-state index contributed by atoms with van der Waals surface area (Å²) in [5.41, 5.74) is 8.20. The zero-order valence-corrected chi connectivity index (χ0v) is 6.96. The van der Waals surface area contributed by atoms with Crippen LogP contribution in [0.3, 0.4) is 0 Å². The Balaban J connectivity index is 3.99. The third kappa shape index (κ3) is 3.88. The molecule has 2 nitrogen and oxygen atoms in total. The third-order valence-corrected chi connectivity index (χ3v) is 3.23. The fourth-order valence-electron chi connectivity index (χ4n) is 0.581. The minimum absolute atomic E-state index is 0.969. The molecule has 0 atom stereocenters. The third-order valence-electron chi connectivity index (χ3n) is 1.08. The molecule has 0 amide bonds. The van der Waals surface area contributed by atoms with Crippen LogP contribution in [-0.4, -0.2) is 18.7 Å². The van der Waals surface area contributed by atoms with Gasteiger partial charge in [-0.2, -0.15) is 4.79 Å². The molecule has 0 fully saturated rings. The van der Waals surface area contributed by atoms with Crippen molar-refractivity contribution in [3.05, 3.63) is 18.2 Å². The molecule has 0 heterocycles. The van der Waals surface area contributed by atoms with Crippen LogP contribution >= 0.6 is 0 Å². The number of rotatable bonds is 3. The van der Waals surface area contributed by atoms with Gasteiger partial charge in [0, 0.05) is 0 Å². The van der Waals surface area contributed by atoms with Gasteiger partial charge in [-0.05, 0) is 6.04 Å². The fraction of sp³-hybridized carbons (Fsp3) is 0.500. The molecule has 0 saturated heterocycles. The first-order valence-electron chi connectivity index (χ1n) is 2.92. The van der Waals surface area contributed by atoms with Gasteiger partial charge in [0.25, 0.3) is 0 Å². The summed E-state index contributed by atoms with van der Waals surface area (Å²) < 4.78 is 0. The maximum atomic E-state index is 8.20. The Morgan fingerprint density at radius 3 is 2.56 bits per heavy atom. The number of hydrogen-bond acceptors (Lipinski definition) is 0. The molecule has 0 N–H and O–H groups in total. The van der Waals surface area contributed by atoms with Gasteiger partial charge >= 0.3 is 0 Å². The molecule has 50 valence electrons.